The van der Waals surface area contributed by atoms with Crippen molar-refractivity contribution in [3.63, 3.8) is 0 Å². The van der Waals surface area contributed by atoms with E-state index in [9.17, 15) is 4.79 Å². The van der Waals surface area contributed by atoms with Gasteiger partial charge in [-0.1, -0.05) is 22.0 Å². The first kappa shape index (κ1) is 18.6. The molecule has 1 heterocycles. The first-order valence-corrected chi connectivity index (χ1v) is 9.02. The highest BCUT2D eigenvalue weighted by Crippen LogP contribution is 2.16. The Hall–Kier alpha value is -1.76. The number of piperidine rings is 1. The van der Waals surface area contributed by atoms with Crippen molar-refractivity contribution in [2.24, 2.45) is 10.7 Å². The number of carbonyl (C=O) groups is 1. The van der Waals surface area contributed by atoms with E-state index in [1.165, 1.54) is 5.56 Å². The lowest BCUT2D eigenvalue weighted by Gasteiger charge is -2.31. The Balaban J connectivity index is 1.80. The predicted molar refractivity (Wildman–Crippen MR) is 99.0 cm³/mol. The van der Waals surface area contributed by atoms with E-state index >= 15 is 0 Å². The fraction of sp³-hybridized carbons (Fsp3) is 0.529. The number of halogens is 1. The Bertz CT molecular complexity index is 598. The quantitative estimate of drug-likeness (QED) is 0.605. The van der Waals surface area contributed by atoms with Gasteiger partial charge in [-0.25, -0.2) is 9.79 Å². The van der Waals surface area contributed by atoms with E-state index in [4.69, 9.17) is 10.5 Å². The summed E-state index contributed by atoms with van der Waals surface area (Å²) in [6.45, 7) is 6.19. The fourth-order valence-corrected chi connectivity index (χ4v) is 3.16. The van der Waals surface area contributed by atoms with Crippen LogP contribution in [0, 0.1) is 6.92 Å². The molecule has 0 saturated carbocycles. The number of likely N-dealkylation sites (tertiary alicyclic amines) is 1. The van der Waals surface area contributed by atoms with Gasteiger partial charge in [0, 0.05) is 23.6 Å². The number of nitrogens with zero attached hydrogens (tertiary/aromatic N) is 2. The molecule has 0 unspecified atom stereocenters. The normalized spacial score (nSPS) is 16.1. The smallest absolute Gasteiger partial charge is 0.409 e. The molecule has 132 valence electrons. The van der Waals surface area contributed by atoms with Gasteiger partial charge in [-0.2, -0.15) is 0 Å². The monoisotopic (exact) mass is 396 g/mol. The van der Waals surface area contributed by atoms with Crippen LogP contribution in [0.4, 0.5) is 4.79 Å². The highest BCUT2D eigenvalue weighted by Gasteiger charge is 2.23. The first-order valence-electron chi connectivity index (χ1n) is 8.22. The molecule has 0 aliphatic carbocycles. The van der Waals surface area contributed by atoms with E-state index in [0.29, 0.717) is 32.2 Å². The number of carbonyl (C=O) groups excluding carboxylic acids is 1. The molecule has 1 aliphatic rings. The number of hydrogen-bond acceptors (Lipinski definition) is 3. The molecule has 2 rings (SSSR count). The van der Waals surface area contributed by atoms with Crippen molar-refractivity contribution >= 4 is 28.0 Å². The average molecular weight is 397 g/mol. The number of aliphatic imine (C=N–C) groups is 1. The number of amides is 1. The van der Waals surface area contributed by atoms with Crippen molar-refractivity contribution in [3.8, 4) is 0 Å². The molecular formula is C17H25BrN4O2. The maximum absolute atomic E-state index is 11.7. The summed E-state index contributed by atoms with van der Waals surface area (Å²) >= 11 is 3.46. The molecule has 1 aromatic rings. The molecule has 7 heteroatoms. The van der Waals surface area contributed by atoms with Gasteiger partial charge in [0.15, 0.2) is 5.96 Å². The van der Waals surface area contributed by atoms with Crippen LogP contribution >= 0.6 is 15.9 Å². The van der Waals surface area contributed by atoms with E-state index in [1.807, 2.05) is 19.1 Å². The Morgan fingerprint density at radius 2 is 2.17 bits per heavy atom. The standard InChI is InChI=1S/C17H25BrN4O2/c1-3-24-17(23)22-8-6-15(7-9-22)21-16(19)20-11-13-4-5-14(18)10-12(13)2/h4-5,10,15H,3,6-9,11H2,1-2H3,(H3,19,20,21). The van der Waals surface area contributed by atoms with Gasteiger partial charge < -0.3 is 20.7 Å². The number of nitrogens with one attached hydrogen (secondary N) is 1. The van der Waals surface area contributed by atoms with Crippen LogP contribution in [0.3, 0.4) is 0 Å². The van der Waals surface area contributed by atoms with Gasteiger partial charge in [-0.3, -0.25) is 0 Å². The molecule has 1 aliphatic heterocycles. The molecule has 24 heavy (non-hydrogen) atoms. The van der Waals surface area contributed by atoms with E-state index in [0.717, 1.165) is 22.9 Å². The Labute approximate surface area is 151 Å². The maximum Gasteiger partial charge on any atom is 0.409 e. The summed E-state index contributed by atoms with van der Waals surface area (Å²) in [4.78, 5) is 17.8. The van der Waals surface area contributed by atoms with Crippen molar-refractivity contribution in [3.05, 3.63) is 33.8 Å². The predicted octanol–water partition coefficient (Wildman–Crippen LogP) is 2.78. The number of nitrogens with two attached hydrogens (primary N) is 1. The van der Waals surface area contributed by atoms with Crippen molar-refractivity contribution in [2.45, 2.75) is 39.3 Å². The van der Waals surface area contributed by atoms with Gasteiger partial charge in [0.1, 0.15) is 0 Å². The third-order valence-corrected chi connectivity index (χ3v) is 4.59. The van der Waals surface area contributed by atoms with Crippen LogP contribution in [0.15, 0.2) is 27.7 Å². The summed E-state index contributed by atoms with van der Waals surface area (Å²) in [6.07, 6.45) is 1.45. The molecule has 1 fully saturated rings. The van der Waals surface area contributed by atoms with Crippen molar-refractivity contribution in [1.82, 2.24) is 10.2 Å². The molecule has 0 radical (unpaired) electrons. The molecule has 1 saturated heterocycles. The summed E-state index contributed by atoms with van der Waals surface area (Å²) in [7, 11) is 0. The zero-order valence-corrected chi connectivity index (χ0v) is 15.8. The average Bonchev–Trinajstić information content (AvgIpc) is 2.55. The highest BCUT2D eigenvalue weighted by molar-refractivity contribution is 9.10. The van der Waals surface area contributed by atoms with Gasteiger partial charge in [0.2, 0.25) is 0 Å². The summed E-state index contributed by atoms with van der Waals surface area (Å²) < 4.78 is 6.08. The van der Waals surface area contributed by atoms with E-state index in [-0.39, 0.29) is 12.1 Å². The summed E-state index contributed by atoms with van der Waals surface area (Å²) in [5, 5.41) is 3.25. The van der Waals surface area contributed by atoms with Crippen molar-refractivity contribution < 1.29 is 9.53 Å². The second-order valence-corrected chi connectivity index (χ2v) is 6.79. The van der Waals surface area contributed by atoms with Gasteiger partial charge in [-0.05, 0) is 49.9 Å². The molecule has 6 nitrogen and oxygen atoms in total. The Morgan fingerprint density at radius 3 is 2.79 bits per heavy atom. The minimum atomic E-state index is -0.233. The number of aryl methyl sites for hydroxylation is 1. The lowest BCUT2D eigenvalue weighted by Crippen LogP contribution is -2.48. The third-order valence-electron chi connectivity index (χ3n) is 4.10. The van der Waals surface area contributed by atoms with Crippen LogP contribution in [0.5, 0.6) is 0 Å². The van der Waals surface area contributed by atoms with Crippen LogP contribution in [0.1, 0.15) is 30.9 Å². The molecular weight excluding hydrogens is 372 g/mol. The van der Waals surface area contributed by atoms with Crippen LogP contribution in [0.2, 0.25) is 0 Å². The van der Waals surface area contributed by atoms with Crippen LogP contribution in [-0.2, 0) is 11.3 Å². The molecule has 3 N–H and O–H groups in total. The van der Waals surface area contributed by atoms with Gasteiger partial charge in [0.05, 0.1) is 13.2 Å². The van der Waals surface area contributed by atoms with Gasteiger partial charge >= 0.3 is 6.09 Å². The second-order valence-electron chi connectivity index (χ2n) is 5.88. The fourth-order valence-electron chi connectivity index (χ4n) is 2.68. The summed E-state index contributed by atoms with van der Waals surface area (Å²) in [5.41, 5.74) is 8.34. The zero-order chi connectivity index (χ0) is 17.5. The number of ether oxygens (including phenoxy) is 1. The van der Waals surface area contributed by atoms with E-state index in [2.05, 4.69) is 39.2 Å². The van der Waals surface area contributed by atoms with Crippen LogP contribution < -0.4 is 11.1 Å². The minimum Gasteiger partial charge on any atom is -0.450 e. The summed E-state index contributed by atoms with van der Waals surface area (Å²) in [6, 6.07) is 6.37. The largest absolute Gasteiger partial charge is 0.450 e. The third kappa shape index (κ3) is 5.40. The van der Waals surface area contributed by atoms with E-state index < -0.39 is 0 Å². The lowest BCUT2D eigenvalue weighted by atomic mass is 10.1. The second kappa shape index (κ2) is 8.92. The Kier molecular flexibility index (Phi) is 6.90. The first-order chi connectivity index (χ1) is 11.5. The summed E-state index contributed by atoms with van der Waals surface area (Å²) in [5.74, 6) is 0.451. The number of rotatable bonds is 4. The molecule has 0 bridgehead atoms. The molecule has 0 atom stereocenters. The van der Waals surface area contributed by atoms with Crippen LogP contribution in [0.25, 0.3) is 0 Å². The molecule has 0 aromatic heterocycles. The molecule has 1 aromatic carbocycles. The zero-order valence-electron chi connectivity index (χ0n) is 14.2. The molecule has 0 spiro atoms. The topological polar surface area (TPSA) is 80.0 Å². The number of guanidine groups is 1. The lowest BCUT2D eigenvalue weighted by molar-refractivity contribution is 0.0963. The number of hydrogen-bond donors (Lipinski definition) is 2. The highest BCUT2D eigenvalue weighted by atomic mass is 79.9. The Morgan fingerprint density at radius 1 is 1.46 bits per heavy atom. The minimum absolute atomic E-state index is 0.233. The number of benzene rings is 1. The van der Waals surface area contributed by atoms with Crippen molar-refractivity contribution in [1.29, 1.82) is 0 Å². The van der Waals surface area contributed by atoms with Crippen molar-refractivity contribution in [2.75, 3.05) is 19.7 Å². The van der Waals surface area contributed by atoms with E-state index in [1.54, 1.807) is 4.90 Å². The van der Waals surface area contributed by atoms with Crippen LogP contribution in [-0.4, -0.2) is 42.7 Å². The maximum atomic E-state index is 11.7. The molecule has 1 amide bonds. The van der Waals surface area contributed by atoms with Gasteiger partial charge in [0.25, 0.3) is 0 Å². The SMILES string of the molecule is CCOC(=O)N1CCC(NC(N)=NCc2ccc(Br)cc2C)CC1. The van der Waals surface area contributed by atoms with Gasteiger partial charge in [-0.15, -0.1) is 0 Å².